The van der Waals surface area contributed by atoms with Crippen molar-refractivity contribution in [2.24, 2.45) is 4.40 Å². The first-order valence-corrected chi connectivity index (χ1v) is 10.5. The van der Waals surface area contributed by atoms with Crippen molar-refractivity contribution in [3.63, 3.8) is 0 Å². The van der Waals surface area contributed by atoms with Crippen molar-refractivity contribution in [2.75, 3.05) is 31.1 Å². The number of hydrogen-bond donors (Lipinski definition) is 0. The number of pyridine rings is 1. The molecule has 8 nitrogen and oxygen atoms in total. The fraction of sp³-hybridized carbons (Fsp3) is 0.263. The number of amidine groups is 1. The van der Waals surface area contributed by atoms with Gasteiger partial charge in [-0.05, 0) is 25.1 Å². The van der Waals surface area contributed by atoms with Gasteiger partial charge in [-0.1, -0.05) is 12.1 Å². The molecule has 2 aliphatic rings. The number of nitrogens with zero attached hydrogens (tertiary/aromatic N) is 6. The third-order valence-corrected chi connectivity index (χ3v) is 6.41. The first kappa shape index (κ1) is 17.1. The van der Waals surface area contributed by atoms with Crippen LogP contribution in [0.5, 0.6) is 0 Å². The van der Waals surface area contributed by atoms with Gasteiger partial charge in [0.1, 0.15) is 16.5 Å². The molecular formula is C19H18N6O2S. The maximum atomic E-state index is 12.3. The Kier molecular flexibility index (Phi) is 3.80. The standard InChI is InChI=1S/C19H18N6O2S/c1-13-21-16-12-20-7-6-14(16)18(22-13)24-8-10-25(11-9-24)19-15-4-2-3-5-17(15)28(26,27)23-19/h2-7,12H,8-11H2,1H3. The van der Waals surface area contributed by atoms with Gasteiger partial charge in [-0.15, -0.1) is 4.40 Å². The number of benzene rings is 1. The zero-order valence-corrected chi connectivity index (χ0v) is 16.1. The third-order valence-electron chi connectivity index (χ3n) is 5.08. The van der Waals surface area contributed by atoms with Crippen LogP contribution >= 0.6 is 0 Å². The average Bonchev–Trinajstić information content (AvgIpc) is 2.99. The summed E-state index contributed by atoms with van der Waals surface area (Å²) in [6.07, 6.45) is 3.49. The highest BCUT2D eigenvalue weighted by Gasteiger charge is 2.33. The summed E-state index contributed by atoms with van der Waals surface area (Å²) in [5.74, 6) is 2.15. The molecule has 28 heavy (non-hydrogen) atoms. The molecule has 0 bridgehead atoms. The Morgan fingerprint density at radius 2 is 1.71 bits per heavy atom. The molecule has 3 aromatic rings. The summed E-state index contributed by atoms with van der Waals surface area (Å²) in [5.41, 5.74) is 1.51. The number of fused-ring (bicyclic) bond motifs is 2. The smallest absolute Gasteiger partial charge is 0.285 e. The Balaban J connectivity index is 1.43. The minimum Gasteiger partial charge on any atom is -0.352 e. The van der Waals surface area contributed by atoms with Crippen molar-refractivity contribution >= 4 is 32.6 Å². The maximum absolute atomic E-state index is 12.3. The second-order valence-electron chi connectivity index (χ2n) is 6.85. The van der Waals surface area contributed by atoms with Gasteiger partial charge in [0.25, 0.3) is 10.0 Å². The highest BCUT2D eigenvalue weighted by molar-refractivity contribution is 7.90. The van der Waals surface area contributed by atoms with Crippen molar-refractivity contribution in [1.82, 2.24) is 19.9 Å². The Hall–Kier alpha value is -3.07. The van der Waals surface area contributed by atoms with Crippen molar-refractivity contribution in [1.29, 1.82) is 0 Å². The first-order valence-electron chi connectivity index (χ1n) is 9.05. The molecule has 0 aliphatic carbocycles. The lowest BCUT2D eigenvalue weighted by molar-refractivity contribution is 0.386. The Bertz CT molecular complexity index is 1220. The molecule has 0 unspecified atom stereocenters. The second kappa shape index (κ2) is 6.23. The molecule has 142 valence electrons. The maximum Gasteiger partial charge on any atom is 0.285 e. The van der Waals surface area contributed by atoms with Gasteiger partial charge in [-0.25, -0.2) is 9.97 Å². The predicted octanol–water partition coefficient (Wildman–Crippen LogP) is 1.60. The van der Waals surface area contributed by atoms with E-state index in [9.17, 15) is 8.42 Å². The van der Waals surface area contributed by atoms with E-state index in [2.05, 4.69) is 24.2 Å². The molecule has 0 N–H and O–H groups in total. The quantitative estimate of drug-likeness (QED) is 0.619. The zero-order chi connectivity index (χ0) is 19.3. The number of sulfonamides is 1. The minimum atomic E-state index is -3.60. The van der Waals surface area contributed by atoms with Gasteiger partial charge in [0.2, 0.25) is 0 Å². The van der Waals surface area contributed by atoms with Crippen LogP contribution in [-0.4, -0.2) is 60.3 Å². The van der Waals surface area contributed by atoms with Gasteiger partial charge in [-0.2, -0.15) is 8.42 Å². The molecule has 0 amide bonds. The summed E-state index contributed by atoms with van der Waals surface area (Å²) in [5, 5.41) is 0.972. The van der Waals surface area contributed by atoms with E-state index in [0.717, 1.165) is 29.8 Å². The van der Waals surface area contributed by atoms with E-state index in [1.54, 1.807) is 24.5 Å². The van der Waals surface area contributed by atoms with Crippen LogP contribution in [0.15, 0.2) is 52.0 Å². The fourth-order valence-electron chi connectivity index (χ4n) is 3.76. The number of aryl methyl sites for hydroxylation is 1. The highest BCUT2D eigenvalue weighted by atomic mass is 32.2. The molecule has 0 spiro atoms. The fourth-order valence-corrected chi connectivity index (χ4v) is 4.99. The van der Waals surface area contributed by atoms with Gasteiger partial charge in [-0.3, -0.25) is 4.98 Å². The topological polar surface area (TPSA) is 91.7 Å². The summed E-state index contributed by atoms with van der Waals surface area (Å²) in [6, 6.07) is 8.93. The molecule has 4 heterocycles. The van der Waals surface area contributed by atoms with Gasteiger partial charge in [0.05, 0.1) is 11.7 Å². The first-order chi connectivity index (χ1) is 13.5. The Morgan fingerprint density at radius 3 is 2.54 bits per heavy atom. The van der Waals surface area contributed by atoms with Crippen molar-refractivity contribution in [3.8, 4) is 0 Å². The van der Waals surface area contributed by atoms with E-state index in [0.29, 0.717) is 30.3 Å². The monoisotopic (exact) mass is 394 g/mol. The van der Waals surface area contributed by atoms with Gasteiger partial charge >= 0.3 is 0 Å². The highest BCUT2D eigenvalue weighted by Crippen LogP contribution is 2.29. The summed E-state index contributed by atoms with van der Waals surface area (Å²) in [7, 11) is -3.60. The van der Waals surface area contributed by atoms with Crippen molar-refractivity contribution < 1.29 is 8.42 Å². The largest absolute Gasteiger partial charge is 0.352 e. The Labute approximate surface area is 162 Å². The lowest BCUT2D eigenvalue weighted by Crippen LogP contribution is -2.49. The molecule has 0 atom stereocenters. The van der Waals surface area contributed by atoms with Crippen LogP contribution in [0.1, 0.15) is 11.4 Å². The molecule has 5 rings (SSSR count). The minimum absolute atomic E-state index is 0.289. The van der Waals surface area contributed by atoms with Crippen LogP contribution in [0, 0.1) is 6.92 Å². The normalized spacial score (nSPS) is 18.2. The van der Waals surface area contributed by atoms with E-state index in [4.69, 9.17) is 0 Å². The summed E-state index contributed by atoms with van der Waals surface area (Å²) in [4.78, 5) is 17.8. The molecule has 1 saturated heterocycles. The molecule has 2 aliphatic heterocycles. The van der Waals surface area contributed by atoms with Crippen LogP contribution in [0.2, 0.25) is 0 Å². The van der Waals surface area contributed by atoms with Gasteiger partial charge in [0, 0.05) is 43.3 Å². The number of hydrogen-bond acceptors (Lipinski definition) is 7. The number of piperazine rings is 1. The lowest BCUT2D eigenvalue weighted by atomic mass is 10.1. The van der Waals surface area contributed by atoms with Gasteiger partial charge in [0.15, 0.2) is 5.84 Å². The van der Waals surface area contributed by atoms with Crippen LogP contribution < -0.4 is 4.90 Å². The van der Waals surface area contributed by atoms with Crippen molar-refractivity contribution in [2.45, 2.75) is 11.8 Å². The molecule has 2 aromatic heterocycles. The summed E-state index contributed by atoms with van der Waals surface area (Å²) in [6.45, 7) is 4.64. The average molecular weight is 394 g/mol. The van der Waals surface area contributed by atoms with E-state index in [1.807, 2.05) is 30.0 Å². The van der Waals surface area contributed by atoms with E-state index in [1.165, 1.54) is 0 Å². The molecule has 0 radical (unpaired) electrons. The third kappa shape index (κ3) is 2.70. The van der Waals surface area contributed by atoms with Crippen molar-refractivity contribution in [3.05, 3.63) is 54.1 Å². The lowest BCUT2D eigenvalue weighted by Gasteiger charge is -2.36. The summed E-state index contributed by atoms with van der Waals surface area (Å²) < 4.78 is 28.7. The Morgan fingerprint density at radius 1 is 0.964 bits per heavy atom. The predicted molar refractivity (Wildman–Crippen MR) is 106 cm³/mol. The molecular weight excluding hydrogens is 376 g/mol. The second-order valence-corrected chi connectivity index (χ2v) is 8.42. The number of rotatable bonds is 1. The van der Waals surface area contributed by atoms with Crippen LogP contribution in [0.4, 0.5) is 5.82 Å². The van der Waals surface area contributed by atoms with E-state index < -0.39 is 10.0 Å². The molecule has 0 saturated carbocycles. The van der Waals surface area contributed by atoms with Crippen LogP contribution in [0.25, 0.3) is 10.9 Å². The summed E-state index contributed by atoms with van der Waals surface area (Å²) >= 11 is 0. The zero-order valence-electron chi connectivity index (χ0n) is 15.3. The number of aromatic nitrogens is 3. The SMILES string of the molecule is Cc1nc(N2CCN(C3=NS(=O)(=O)c4ccccc43)CC2)c2ccncc2n1. The van der Waals surface area contributed by atoms with Crippen LogP contribution in [-0.2, 0) is 10.0 Å². The molecule has 1 fully saturated rings. The van der Waals surface area contributed by atoms with Gasteiger partial charge < -0.3 is 9.80 Å². The number of anilines is 1. The van der Waals surface area contributed by atoms with Crippen LogP contribution in [0.3, 0.4) is 0 Å². The molecule has 9 heteroatoms. The molecule has 1 aromatic carbocycles. The van der Waals surface area contributed by atoms with E-state index in [-0.39, 0.29) is 4.90 Å². The van der Waals surface area contributed by atoms with E-state index >= 15 is 0 Å².